The zero-order valence-corrected chi connectivity index (χ0v) is 20.1. The number of hydrogen-bond acceptors (Lipinski definition) is 3. The van der Waals surface area contributed by atoms with E-state index in [1.165, 1.54) is 19.3 Å². The molecular weight excluding hydrogens is 436 g/mol. The predicted octanol–water partition coefficient (Wildman–Crippen LogP) is 6.07. The minimum atomic E-state index is -0.147. The van der Waals surface area contributed by atoms with Gasteiger partial charge in [-0.25, -0.2) is 0 Å². The Kier molecular flexibility index (Phi) is 7.39. The van der Waals surface area contributed by atoms with Crippen LogP contribution in [0, 0.1) is 6.92 Å². The van der Waals surface area contributed by atoms with Crippen LogP contribution < -0.4 is 10.1 Å². The maximum absolute atomic E-state index is 13.4. The van der Waals surface area contributed by atoms with Gasteiger partial charge in [0.05, 0.1) is 19.0 Å². The minimum absolute atomic E-state index is 0.00415. The van der Waals surface area contributed by atoms with Crippen LogP contribution in [0.2, 0.25) is 5.02 Å². The second kappa shape index (κ2) is 10.4. The van der Waals surface area contributed by atoms with Gasteiger partial charge in [-0.05, 0) is 67.8 Å². The molecule has 0 atom stereocenters. The Hall–Kier alpha value is -2.79. The van der Waals surface area contributed by atoms with Crippen molar-refractivity contribution in [2.45, 2.75) is 64.3 Å². The summed E-state index contributed by atoms with van der Waals surface area (Å²) in [5.74, 6) is 0.552. The smallest absolute Gasteiger partial charge is 0.262 e. The number of benzene rings is 2. The zero-order valence-electron chi connectivity index (χ0n) is 19.3. The summed E-state index contributed by atoms with van der Waals surface area (Å²) in [4.78, 5) is 26.5. The first kappa shape index (κ1) is 23.4. The lowest BCUT2D eigenvalue weighted by atomic mass is 9.96. The molecule has 1 N–H and O–H groups in total. The van der Waals surface area contributed by atoms with Crippen LogP contribution >= 0.6 is 11.6 Å². The quantitative estimate of drug-likeness (QED) is 0.496. The summed E-state index contributed by atoms with van der Waals surface area (Å²) in [5, 5.41) is 4.70. The molecule has 1 fully saturated rings. The molecule has 33 heavy (non-hydrogen) atoms. The summed E-state index contributed by atoms with van der Waals surface area (Å²) in [6, 6.07) is 12.7. The average molecular weight is 467 g/mol. The normalized spacial score (nSPS) is 15.1. The molecule has 174 valence electrons. The number of methoxy groups -OCH3 is 1. The maximum Gasteiger partial charge on any atom is 0.262 e. The van der Waals surface area contributed by atoms with Gasteiger partial charge in [0.25, 0.3) is 5.91 Å². The lowest BCUT2D eigenvalue weighted by Gasteiger charge is -2.21. The highest BCUT2D eigenvalue weighted by molar-refractivity contribution is 6.30. The molecule has 0 aliphatic heterocycles. The van der Waals surface area contributed by atoms with Crippen LogP contribution in [0.5, 0.6) is 5.75 Å². The zero-order chi connectivity index (χ0) is 23.4. The number of fused-ring (bicyclic) bond motifs is 1. The Labute approximate surface area is 200 Å². The molecule has 1 aromatic heterocycles. The Morgan fingerprint density at radius 2 is 1.70 bits per heavy atom. The molecule has 4 rings (SSSR count). The van der Waals surface area contributed by atoms with E-state index in [4.69, 9.17) is 16.3 Å². The van der Waals surface area contributed by atoms with Crippen LogP contribution in [-0.4, -0.2) is 29.5 Å². The molecule has 1 aliphatic rings. The van der Waals surface area contributed by atoms with Gasteiger partial charge in [-0.3, -0.25) is 14.2 Å². The summed E-state index contributed by atoms with van der Waals surface area (Å²) in [6.07, 6.45) is 8.41. The highest BCUT2D eigenvalue weighted by atomic mass is 35.5. The first-order valence-electron chi connectivity index (χ1n) is 11.8. The molecule has 5 nitrogen and oxygen atoms in total. The molecule has 0 unspecified atom stereocenters. The number of halogens is 1. The second-order valence-electron chi connectivity index (χ2n) is 8.88. The third-order valence-electron chi connectivity index (χ3n) is 6.64. The van der Waals surface area contributed by atoms with Gasteiger partial charge >= 0.3 is 0 Å². The summed E-state index contributed by atoms with van der Waals surface area (Å²) in [6.45, 7) is 1.90. The Morgan fingerprint density at radius 3 is 2.36 bits per heavy atom. The van der Waals surface area contributed by atoms with E-state index in [-0.39, 0.29) is 24.3 Å². The molecule has 6 heteroatoms. The molecule has 2 aromatic carbocycles. The molecule has 1 heterocycles. The summed E-state index contributed by atoms with van der Waals surface area (Å²) in [7, 11) is 1.62. The van der Waals surface area contributed by atoms with E-state index in [9.17, 15) is 9.59 Å². The SMILES string of the molecule is COc1ccc2c(c1)c(CC(=O)NC1CCCCCCC1)c(C)n2C(=O)c1ccc(Cl)cc1. The number of amides is 1. The van der Waals surface area contributed by atoms with Crippen LogP contribution in [0.1, 0.15) is 66.6 Å². The van der Waals surface area contributed by atoms with Crippen molar-refractivity contribution in [1.29, 1.82) is 0 Å². The third-order valence-corrected chi connectivity index (χ3v) is 6.90. The summed E-state index contributed by atoms with van der Waals surface area (Å²) < 4.78 is 7.12. The van der Waals surface area contributed by atoms with Gasteiger partial charge < -0.3 is 10.1 Å². The molecule has 3 aromatic rings. The van der Waals surface area contributed by atoms with Crippen LogP contribution in [0.25, 0.3) is 10.9 Å². The minimum Gasteiger partial charge on any atom is -0.497 e. The van der Waals surface area contributed by atoms with Crippen molar-refractivity contribution >= 4 is 34.3 Å². The van der Waals surface area contributed by atoms with Crippen LogP contribution in [0.15, 0.2) is 42.5 Å². The topological polar surface area (TPSA) is 60.3 Å². The van der Waals surface area contributed by atoms with E-state index in [0.29, 0.717) is 16.3 Å². The number of aromatic nitrogens is 1. The van der Waals surface area contributed by atoms with Crippen LogP contribution in [0.4, 0.5) is 0 Å². The lowest BCUT2D eigenvalue weighted by molar-refractivity contribution is -0.121. The fraction of sp³-hybridized carbons (Fsp3) is 0.407. The van der Waals surface area contributed by atoms with Gasteiger partial charge in [0.15, 0.2) is 0 Å². The van der Waals surface area contributed by atoms with Crippen LogP contribution in [0.3, 0.4) is 0 Å². The number of nitrogens with zero attached hydrogens (tertiary/aromatic N) is 1. The van der Waals surface area contributed by atoms with Crippen LogP contribution in [-0.2, 0) is 11.2 Å². The monoisotopic (exact) mass is 466 g/mol. The molecule has 0 bridgehead atoms. The standard InChI is InChI=1S/C27H31ClN2O3/c1-18-23(17-26(31)29-21-8-6-4-3-5-7-9-21)24-16-22(33-2)14-15-25(24)30(18)27(32)19-10-12-20(28)13-11-19/h10-16,21H,3-9,17H2,1-2H3,(H,29,31). The first-order valence-corrected chi connectivity index (χ1v) is 12.1. The number of nitrogens with one attached hydrogen (secondary N) is 1. The van der Waals surface area contributed by atoms with Gasteiger partial charge in [0.1, 0.15) is 5.75 Å². The van der Waals surface area contributed by atoms with Gasteiger partial charge in [-0.15, -0.1) is 0 Å². The predicted molar refractivity (Wildman–Crippen MR) is 132 cm³/mol. The third kappa shape index (κ3) is 5.25. The van der Waals surface area contributed by atoms with E-state index in [2.05, 4.69) is 5.32 Å². The van der Waals surface area contributed by atoms with Crippen molar-refractivity contribution in [3.05, 3.63) is 64.3 Å². The highest BCUT2D eigenvalue weighted by Gasteiger charge is 2.23. The molecule has 1 amide bonds. The molecule has 0 radical (unpaired) electrons. The largest absolute Gasteiger partial charge is 0.497 e. The number of hydrogen-bond donors (Lipinski definition) is 1. The second-order valence-corrected chi connectivity index (χ2v) is 9.32. The molecule has 0 spiro atoms. The summed E-state index contributed by atoms with van der Waals surface area (Å²) in [5.41, 5.74) is 2.93. The van der Waals surface area contributed by atoms with Gasteiger partial charge in [-0.2, -0.15) is 0 Å². The van der Waals surface area contributed by atoms with Crippen molar-refractivity contribution < 1.29 is 14.3 Å². The number of rotatable bonds is 5. The number of ether oxygens (including phenoxy) is 1. The van der Waals surface area contributed by atoms with Crippen molar-refractivity contribution in [3.63, 3.8) is 0 Å². The molecule has 1 aliphatic carbocycles. The van der Waals surface area contributed by atoms with E-state index in [1.54, 1.807) is 35.9 Å². The number of carbonyl (C=O) groups is 2. The van der Waals surface area contributed by atoms with E-state index in [1.807, 2.05) is 25.1 Å². The fourth-order valence-corrected chi connectivity index (χ4v) is 4.96. The van der Waals surface area contributed by atoms with E-state index < -0.39 is 0 Å². The number of carbonyl (C=O) groups excluding carboxylic acids is 2. The van der Waals surface area contributed by atoms with Crippen molar-refractivity contribution in [3.8, 4) is 5.75 Å². The summed E-state index contributed by atoms with van der Waals surface area (Å²) >= 11 is 6.01. The van der Waals surface area contributed by atoms with E-state index >= 15 is 0 Å². The van der Waals surface area contributed by atoms with Gasteiger partial charge in [0.2, 0.25) is 5.91 Å². The maximum atomic E-state index is 13.4. The first-order chi connectivity index (χ1) is 16.0. The van der Waals surface area contributed by atoms with E-state index in [0.717, 1.165) is 47.8 Å². The van der Waals surface area contributed by atoms with Gasteiger partial charge in [-0.1, -0.05) is 43.7 Å². The Morgan fingerprint density at radius 1 is 1.03 bits per heavy atom. The molecule has 1 saturated carbocycles. The Balaban J connectivity index is 1.66. The van der Waals surface area contributed by atoms with Crippen molar-refractivity contribution in [2.24, 2.45) is 0 Å². The van der Waals surface area contributed by atoms with Crippen molar-refractivity contribution in [2.75, 3.05) is 7.11 Å². The molecule has 0 saturated heterocycles. The lowest BCUT2D eigenvalue weighted by Crippen LogP contribution is -2.36. The average Bonchev–Trinajstić information content (AvgIpc) is 3.06. The highest BCUT2D eigenvalue weighted by Crippen LogP contribution is 2.31. The van der Waals surface area contributed by atoms with Crippen molar-refractivity contribution in [1.82, 2.24) is 9.88 Å². The fourth-order valence-electron chi connectivity index (χ4n) is 4.84. The molecular formula is C27H31ClN2O3. The van der Waals surface area contributed by atoms with Gasteiger partial charge in [0, 0.05) is 27.7 Å². The Bertz CT molecular complexity index is 1140.